The van der Waals surface area contributed by atoms with Crippen LogP contribution in [0.3, 0.4) is 0 Å². The quantitative estimate of drug-likeness (QED) is 0.101. The molecule has 0 bridgehead atoms. The number of hydrogen-bond donors (Lipinski definition) is 0. The summed E-state index contributed by atoms with van der Waals surface area (Å²) in [5.41, 5.74) is -5.45. The molecular weight excluding hydrogens is 1250 g/mol. The molecule has 0 unspecified atom stereocenters. The third-order valence-electron chi connectivity index (χ3n) is 18.9. The molecule has 4 heterocycles. The molecule has 2 aliphatic heterocycles. The van der Waals surface area contributed by atoms with Gasteiger partial charge in [-0.05, 0) is 180 Å². The summed E-state index contributed by atoms with van der Waals surface area (Å²) in [5.74, 6) is 0. The van der Waals surface area contributed by atoms with Crippen LogP contribution in [-0.2, 0) is 5.41 Å². The van der Waals surface area contributed by atoms with Crippen molar-refractivity contribution in [3.8, 4) is 84.2 Å². The minimum absolute atomic E-state index is 0.0849. The van der Waals surface area contributed by atoms with E-state index in [0.29, 0.717) is 27.8 Å². The van der Waals surface area contributed by atoms with Crippen molar-refractivity contribution in [1.82, 2.24) is 9.13 Å². The van der Waals surface area contributed by atoms with Gasteiger partial charge in [-0.3, -0.25) is 0 Å². The molecular formula is C96H65BN6. The van der Waals surface area contributed by atoms with Crippen molar-refractivity contribution in [1.29, 1.82) is 5.26 Å². The standard InChI is InChI=1S/C96H65BN6/c1-96(2,3)71-55-91-93-92(56-71)103(95-79(67-35-19-9-20-36-67)57-72(99-4)58-80(95)68-37-21-10-22-38-68)90-60-74(101-86-42-26-24-40-76(86)82-54-70(44-50-88(82)101)64-29-13-6-14-30-64)46-48-84(90)97(93)83-47-45-73(100-85-41-25-23-39-75(85)81-53-69(43-49-87(81)100)63-27-11-5-12-28-63)59-89(83)102(91)94-77(65-31-15-7-16-32-65)51-62(61-98)52-78(94)66-33-17-8-18-34-66/h5-60H,1-3H3/i5D,6D,11D,12D,13D,14D,23D,24D,25D,26D,27D,28D,29D,30D,39D,40D,41D,42D,43D,44D,45D,46D,47D,48D,49D,50D,53D,54D,59D,60D. The van der Waals surface area contributed by atoms with Crippen LogP contribution in [0.15, 0.2) is 339 Å². The Morgan fingerprint density at radius 1 is 0.379 bits per heavy atom. The minimum Gasteiger partial charge on any atom is -0.310 e. The zero-order valence-corrected chi connectivity index (χ0v) is 54.8. The summed E-state index contributed by atoms with van der Waals surface area (Å²) < 4.78 is 297. The van der Waals surface area contributed by atoms with Crippen molar-refractivity contribution in [2.45, 2.75) is 26.2 Å². The molecule has 19 rings (SSSR count). The lowest BCUT2D eigenvalue weighted by Crippen LogP contribution is -2.61. The van der Waals surface area contributed by atoms with Crippen molar-refractivity contribution in [2.75, 3.05) is 9.80 Å². The van der Waals surface area contributed by atoms with Crippen LogP contribution in [0, 0.1) is 17.9 Å². The average molecular weight is 1340 g/mol. The van der Waals surface area contributed by atoms with Crippen LogP contribution in [0.25, 0.3) is 127 Å². The van der Waals surface area contributed by atoms with E-state index in [0.717, 1.165) is 9.13 Å². The molecule has 0 radical (unpaired) electrons. The highest BCUT2D eigenvalue weighted by atomic mass is 15.2. The molecule has 0 fully saturated rings. The molecule has 0 aliphatic carbocycles. The topological polar surface area (TPSA) is 44.5 Å². The van der Waals surface area contributed by atoms with Crippen molar-refractivity contribution < 1.29 is 41.1 Å². The molecule has 17 aromatic rings. The Bertz CT molecular complexity index is 7620. The number of aromatic nitrogens is 2. The maximum Gasteiger partial charge on any atom is 0.252 e. The van der Waals surface area contributed by atoms with Crippen molar-refractivity contribution in [3.05, 3.63) is 362 Å². The van der Waals surface area contributed by atoms with Crippen LogP contribution in [0.2, 0.25) is 0 Å². The van der Waals surface area contributed by atoms with Gasteiger partial charge in [0.25, 0.3) is 6.71 Å². The number of fused-ring (bicyclic) bond motifs is 10. The van der Waals surface area contributed by atoms with Crippen LogP contribution in [0.4, 0.5) is 39.8 Å². The Kier molecular flexibility index (Phi) is 8.71. The molecule has 482 valence electrons. The highest BCUT2D eigenvalue weighted by Gasteiger charge is 2.46. The van der Waals surface area contributed by atoms with Gasteiger partial charge >= 0.3 is 0 Å². The lowest BCUT2D eigenvalue weighted by Gasteiger charge is -2.46. The predicted octanol–water partition coefficient (Wildman–Crippen LogP) is 23.7. The van der Waals surface area contributed by atoms with E-state index >= 15 is 0 Å². The zero-order valence-electron chi connectivity index (χ0n) is 84.8. The second-order valence-electron chi connectivity index (χ2n) is 25.8. The van der Waals surface area contributed by atoms with Crippen LogP contribution in [0.1, 0.15) is 73.0 Å². The minimum atomic E-state index is -1.87. The van der Waals surface area contributed by atoms with E-state index in [-0.39, 0.29) is 72.6 Å². The van der Waals surface area contributed by atoms with Gasteiger partial charge in [-0.1, -0.05) is 263 Å². The molecule has 7 heteroatoms. The molecule has 0 spiro atoms. The normalized spacial score (nSPS) is 16.4. The zero-order chi connectivity index (χ0) is 95.1. The van der Waals surface area contributed by atoms with E-state index in [2.05, 4.69) is 10.9 Å². The molecule has 2 aromatic heterocycles. The molecule has 0 saturated heterocycles. The number of rotatable bonds is 10. The summed E-state index contributed by atoms with van der Waals surface area (Å²) in [6.45, 7) is 12.7. The fraction of sp³-hybridized carbons (Fsp3) is 0.0417. The first-order chi connectivity index (χ1) is 63.2. The van der Waals surface area contributed by atoms with Gasteiger partial charge in [0.05, 0.1) is 92.8 Å². The third-order valence-corrected chi connectivity index (χ3v) is 18.9. The Balaban J connectivity index is 1.07. The molecule has 0 saturated carbocycles. The van der Waals surface area contributed by atoms with Crippen LogP contribution >= 0.6 is 0 Å². The molecule has 2 aliphatic rings. The Labute approximate surface area is 641 Å². The van der Waals surface area contributed by atoms with Crippen molar-refractivity contribution >= 4 is 107 Å². The lowest BCUT2D eigenvalue weighted by molar-refractivity contribution is 0.590. The van der Waals surface area contributed by atoms with Gasteiger partial charge in [-0.2, -0.15) is 5.26 Å². The maximum atomic E-state index is 11.8. The number of nitrogens with zero attached hydrogens (tertiary/aromatic N) is 6. The first kappa shape index (κ1) is 37.1. The number of para-hydroxylation sites is 2. The van der Waals surface area contributed by atoms with Crippen molar-refractivity contribution in [3.63, 3.8) is 0 Å². The summed E-state index contributed by atoms with van der Waals surface area (Å²) in [6.07, 6.45) is 0. The fourth-order valence-corrected chi connectivity index (χ4v) is 14.3. The Hall–Kier alpha value is -13.5. The van der Waals surface area contributed by atoms with Gasteiger partial charge in [0.1, 0.15) is 0 Å². The average Bonchev–Trinajstić information content (AvgIpc) is 1.61. The largest absolute Gasteiger partial charge is 0.310 e. The Morgan fingerprint density at radius 2 is 0.757 bits per heavy atom. The third kappa shape index (κ3) is 9.92. The van der Waals surface area contributed by atoms with Crippen LogP contribution < -0.4 is 26.2 Å². The van der Waals surface area contributed by atoms with Gasteiger partial charge in [-0.25, -0.2) is 4.85 Å². The first-order valence-electron chi connectivity index (χ1n) is 47.8. The van der Waals surface area contributed by atoms with E-state index in [4.69, 9.17) is 14.8 Å². The van der Waals surface area contributed by atoms with E-state index < -0.39 is 282 Å². The van der Waals surface area contributed by atoms with E-state index in [9.17, 15) is 38.2 Å². The van der Waals surface area contributed by atoms with E-state index in [1.807, 2.05) is 32.9 Å². The first-order valence-corrected chi connectivity index (χ1v) is 32.8. The van der Waals surface area contributed by atoms with Gasteiger partial charge < -0.3 is 18.9 Å². The smallest absolute Gasteiger partial charge is 0.252 e. The maximum absolute atomic E-state index is 11.8. The molecule has 0 amide bonds. The molecule has 15 aromatic carbocycles. The molecule has 6 nitrogen and oxygen atoms in total. The van der Waals surface area contributed by atoms with E-state index in [1.54, 1.807) is 155 Å². The summed E-state index contributed by atoms with van der Waals surface area (Å²) in [7, 11) is 0. The van der Waals surface area contributed by atoms with Gasteiger partial charge in [0.2, 0.25) is 0 Å². The molecule has 0 N–H and O–H groups in total. The predicted molar refractivity (Wildman–Crippen MR) is 431 cm³/mol. The SMILES string of the molecule is [2H]c1c([2H])c([2H])c(-c2c([2H])c([2H])c3c(c2[2H])c2c([2H])c([2H])c([2H])c([2H])c2n3-c2c([2H])c([2H])c3c(c2[2H])N(c2c(-c4ccccc4)cc(C#N)cc2-c2ccccc2)c2cc(C(C)(C)C)cc4c2B3c2c([2H])c([2H])c(-n3c5c([2H])c([2H])c([2H])c([2H])c5c5c([2H])c(-c6c([2H])c([2H])c([2H])c([2H])c6[2H])c([2H])c([2H])c53)c([2H])c2N4c2c(-c3ccccc3)cc([N+]#[C-])cc2-c2ccccc2)c([2H])c1[2H]. The number of hydrogen-bond acceptors (Lipinski definition) is 3. The number of anilines is 6. The monoisotopic (exact) mass is 1340 g/mol. The highest BCUT2D eigenvalue weighted by molar-refractivity contribution is 7.00. The summed E-state index contributed by atoms with van der Waals surface area (Å²) in [5, 5.41) is 9.11. The van der Waals surface area contributed by atoms with Gasteiger partial charge in [0, 0.05) is 66.8 Å². The summed E-state index contributed by atoms with van der Waals surface area (Å²) in [6, 6.07) is 20.6. The summed E-state index contributed by atoms with van der Waals surface area (Å²) >= 11 is 0. The fourth-order valence-electron chi connectivity index (χ4n) is 14.3. The van der Waals surface area contributed by atoms with Gasteiger partial charge in [-0.15, -0.1) is 0 Å². The van der Waals surface area contributed by atoms with E-state index in [1.165, 1.54) is 0 Å². The molecule has 103 heavy (non-hydrogen) atoms. The summed E-state index contributed by atoms with van der Waals surface area (Å²) in [4.78, 5) is 7.36. The van der Waals surface area contributed by atoms with Crippen LogP contribution in [0.5, 0.6) is 0 Å². The lowest BCUT2D eigenvalue weighted by atomic mass is 9.33. The second-order valence-corrected chi connectivity index (χ2v) is 25.8. The van der Waals surface area contributed by atoms with Crippen molar-refractivity contribution in [2.24, 2.45) is 0 Å². The Morgan fingerprint density at radius 3 is 1.15 bits per heavy atom. The number of benzene rings is 15. The number of nitriles is 1. The van der Waals surface area contributed by atoms with Crippen LogP contribution in [-0.4, -0.2) is 15.8 Å². The second kappa shape index (κ2) is 24.2. The van der Waals surface area contributed by atoms with Gasteiger partial charge in [0.15, 0.2) is 5.69 Å². The highest BCUT2D eigenvalue weighted by Crippen LogP contribution is 2.55. The molecule has 0 atom stereocenters.